The lowest BCUT2D eigenvalue weighted by Gasteiger charge is -2.12. The maximum Gasteiger partial charge on any atom is 0.228 e. The summed E-state index contributed by atoms with van der Waals surface area (Å²) in [4.78, 5) is 4.35. The Balaban J connectivity index is 1.85. The molecular formula is C15H21N3O2. The fourth-order valence-corrected chi connectivity index (χ4v) is 1.96. The molecule has 0 bridgehead atoms. The molecule has 1 aromatic carbocycles. The lowest BCUT2D eigenvalue weighted by atomic mass is 10.1. The number of rotatable bonds is 8. The molecule has 0 radical (unpaired) electrons. The molecule has 1 N–H and O–H groups in total. The van der Waals surface area contributed by atoms with Crippen molar-refractivity contribution < 1.29 is 9.26 Å². The van der Waals surface area contributed by atoms with E-state index in [2.05, 4.69) is 29.3 Å². The van der Waals surface area contributed by atoms with Gasteiger partial charge in [-0.2, -0.15) is 4.98 Å². The fourth-order valence-electron chi connectivity index (χ4n) is 1.96. The van der Waals surface area contributed by atoms with E-state index in [0.717, 1.165) is 25.1 Å². The number of hydrogen-bond donors (Lipinski definition) is 1. The Bertz CT molecular complexity index is 499. The Hall–Kier alpha value is -1.88. The molecule has 2 aromatic rings. The maximum atomic E-state index is 5.58. The van der Waals surface area contributed by atoms with Gasteiger partial charge in [0.2, 0.25) is 11.7 Å². The van der Waals surface area contributed by atoms with E-state index in [9.17, 15) is 0 Å². The summed E-state index contributed by atoms with van der Waals surface area (Å²) in [7, 11) is 0. The Kier molecular flexibility index (Phi) is 5.55. The summed E-state index contributed by atoms with van der Waals surface area (Å²) in [6, 6.07) is 9.99. The van der Waals surface area contributed by atoms with E-state index in [1.54, 1.807) is 0 Å². The van der Waals surface area contributed by atoms with E-state index in [-0.39, 0.29) is 0 Å². The Morgan fingerprint density at radius 1 is 1.25 bits per heavy atom. The lowest BCUT2D eigenvalue weighted by molar-refractivity contribution is 0.284. The van der Waals surface area contributed by atoms with Crippen molar-refractivity contribution in [3.8, 4) is 5.75 Å². The second-order valence-corrected chi connectivity index (χ2v) is 4.57. The highest BCUT2D eigenvalue weighted by molar-refractivity contribution is 5.20. The third kappa shape index (κ3) is 4.35. The summed E-state index contributed by atoms with van der Waals surface area (Å²) in [6.07, 6.45) is 1.79. The van der Waals surface area contributed by atoms with Crippen molar-refractivity contribution in [1.29, 1.82) is 0 Å². The molecule has 1 atom stereocenters. The summed E-state index contributed by atoms with van der Waals surface area (Å²) in [5, 5.41) is 7.33. The van der Waals surface area contributed by atoms with E-state index in [4.69, 9.17) is 9.26 Å². The van der Waals surface area contributed by atoms with E-state index in [1.165, 1.54) is 0 Å². The molecular weight excluding hydrogens is 254 g/mol. The molecule has 1 aromatic heterocycles. The zero-order chi connectivity index (χ0) is 14.2. The fraction of sp³-hybridized carbons (Fsp3) is 0.467. The van der Waals surface area contributed by atoms with Crippen LogP contribution >= 0.6 is 0 Å². The zero-order valence-electron chi connectivity index (χ0n) is 12.0. The third-order valence-electron chi connectivity index (χ3n) is 3.03. The zero-order valence-corrected chi connectivity index (χ0v) is 12.0. The first kappa shape index (κ1) is 14.5. The van der Waals surface area contributed by atoms with Gasteiger partial charge in [-0.25, -0.2) is 0 Å². The van der Waals surface area contributed by atoms with Crippen LogP contribution in [0.15, 0.2) is 34.9 Å². The van der Waals surface area contributed by atoms with E-state index in [1.807, 2.05) is 30.3 Å². The van der Waals surface area contributed by atoms with Gasteiger partial charge in [0.1, 0.15) is 5.75 Å². The van der Waals surface area contributed by atoms with E-state index < -0.39 is 0 Å². The van der Waals surface area contributed by atoms with Gasteiger partial charge in [-0.3, -0.25) is 0 Å². The van der Waals surface area contributed by atoms with E-state index in [0.29, 0.717) is 24.4 Å². The number of nitrogens with zero attached hydrogens (tertiary/aromatic N) is 2. The number of nitrogens with one attached hydrogen (secondary N) is 1. The standard InChI is InChI=1S/C15H21N3O2/c1-3-12(16-4-2)10-15-17-14(18-20-15)11-19-13-8-6-5-7-9-13/h5-9,12,16H,3-4,10-11H2,1-2H3. The first-order valence-corrected chi connectivity index (χ1v) is 7.04. The minimum atomic E-state index is 0.325. The van der Waals surface area contributed by atoms with Crippen LogP contribution in [-0.2, 0) is 13.0 Å². The van der Waals surface area contributed by atoms with Crippen molar-refractivity contribution in [3.63, 3.8) is 0 Å². The number of aromatic nitrogens is 2. The smallest absolute Gasteiger partial charge is 0.228 e. The second kappa shape index (κ2) is 7.65. The van der Waals surface area contributed by atoms with E-state index >= 15 is 0 Å². The topological polar surface area (TPSA) is 60.2 Å². The van der Waals surface area contributed by atoms with Crippen LogP contribution in [0.3, 0.4) is 0 Å². The van der Waals surface area contributed by atoms with Crippen molar-refractivity contribution in [3.05, 3.63) is 42.0 Å². The summed E-state index contributed by atoms with van der Waals surface area (Å²) in [5.74, 6) is 2.04. The molecule has 0 fully saturated rings. The van der Waals surface area contributed by atoms with Crippen molar-refractivity contribution in [2.24, 2.45) is 0 Å². The molecule has 5 nitrogen and oxygen atoms in total. The number of para-hydroxylation sites is 1. The predicted molar refractivity (Wildman–Crippen MR) is 76.5 cm³/mol. The maximum absolute atomic E-state index is 5.58. The summed E-state index contributed by atoms with van der Waals surface area (Å²) in [6.45, 7) is 5.50. The number of hydrogen-bond acceptors (Lipinski definition) is 5. The Morgan fingerprint density at radius 2 is 2.05 bits per heavy atom. The van der Waals surface area contributed by atoms with Crippen LogP contribution in [0.5, 0.6) is 5.75 Å². The van der Waals surface area contributed by atoms with Crippen LogP contribution < -0.4 is 10.1 Å². The van der Waals surface area contributed by atoms with Crippen molar-refractivity contribution >= 4 is 0 Å². The van der Waals surface area contributed by atoms with Gasteiger partial charge >= 0.3 is 0 Å². The highest BCUT2D eigenvalue weighted by Crippen LogP contribution is 2.11. The molecule has 1 unspecified atom stereocenters. The number of likely N-dealkylation sites (N-methyl/N-ethyl adjacent to an activating group) is 1. The number of ether oxygens (including phenoxy) is 1. The number of benzene rings is 1. The van der Waals surface area contributed by atoms with Crippen molar-refractivity contribution in [1.82, 2.24) is 15.5 Å². The summed E-state index contributed by atoms with van der Waals surface area (Å²) < 4.78 is 10.8. The average Bonchev–Trinajstić information content (AvgIpc) is 2.93. The van der Waals surface area contributed by atoms with Crippen molar-refractivity contribution in [2.75, 3.05) is 6.54 Å². The molecule has 0 aliphatic heterocycles. The molecule has 0 aliphatic rings. The largest absolute Gasteiger partial charge is 0.485 e. The second-order valence-electron chi connectivity index (χ2n) is 4.57. The molecule has 0 aliphatic carbocycles. The SMILES string of the molecule is CCNC(CC)Cc1nc(COc2ccccc2)no1. The van der Waals surface area contributed by atoms with Crippen LogP contribution in [-0.4, -0.2) is 22.7 Å². The molecule has 0 saturated heterocycles. The van der Waals surface area contributed by atoms with Gasteiger partial charge < -0.3 is 14.6 Å². The van der Waals surface area contributed by atoms with Gasteiger partial charge in [0.25, 0.3) is 0 Å². The summed E-state index contributed by atoms with van der Waals surface area (Å²) >= 11 is 0. The summed E-state index contributed by atoms with van der Waals surface area (Å²) in [5.41, 5.74) is 0. The van der Waals surface area contributed by atoms with Gasteiger partial charge in [0.15, 0.2) is 6.61 Å². The van der Waals surface area contributed by atoms with Gasteiger partial charge in [-0.15, -0.1) is 0 Å². The minimum Gasteiger partial charge on any atom is -0.485 e. The Morgan fingerprint density at radius 3 is 2.75 bits per heavy atom. The van der Waals surface area contributed by atoms with Gasteiger partial charge in [-0.1, -0.05) is 37.2 Å². The Labute approximate surface area is 119 Å². The average molecular weight is 275 g/mol. The molecule has 0 amide bonds. The van der Waals surface area contributed by atoms with Crippen LogP contribution in [0.25, 0.3) is 0 Å². The van der Waals surface area contributed by atoms with Crippen LogP contribution in [0, 0.1) is 0 Å². The van der Waals surface area contributed by atoms with Crippen LogP contribution in [0.1, 0.15) is 32.0 Å². The van der Waals surface area contributed by atoms with Gasteiger partial charge in [-0.05, 0) is 25.1 Å². The van der Waals surface area contributed by atoms with Crippen LogP contribution in [0.2, 0.25) is 0 Å². The molecule has 20 heavy (non-hydrogen) atoms. The normalized spacial score (nSPS) is 12.3. The molecule has 2 rings (SSSR count). The first-order valence-electron chi connectivity index (χ1n) is 7.04. The minimum absolute atomic E-state index is 0.325. The highest BCUT2D eigenvalue weighted by Gasteiger charge is 2.12. The van der Waals surface area contributed by atoms with Gasteiger partial charge in [0.05, 0.1) is 0 Å². The molecule has 0 saturated carbocycles. The molecule has 1 heterocycles. The van der Waals surface area contributed by atoms with Crippen LogP contribution in [0.4, 0.5) is 0 Å². The third-order valence-corrected chi connectivity index (χ3v) is 3.03. The molecule has 5 heteroatoms. The molecule has 0 spiro atoms. The van der Waals surface area contributed by atoms with Gasteiger partial charge in [0, 0.05) is 12.5 Å². The first-order chi connectivity index (χ1) is 9.81. The molecule has 108 valence electrons. The lowest BCUT2D eigenvalue weighted by Crippen LogP contribution is -2.30. The van der Waals surface area contributed by atoms with Crippen molar-refractivity contribution in [2.45, 2.75) is 39.3 Å². The predicted octanol–water partition coefficient (Wildman–Crippen LogP) is 2.58. The highest BCUT2D eigenvalue weighted by atomic mass is 16.5. The monoisotopic (exact) mass is 275 g/mol. The quantitative estimate of drug-likeness (QED) is 0.802.